The van der Waals surface area contributed by atoms with E-state index in [2.05, 4.69) is 10.3 Å². The number of aryl methyl sites for hydroxylation is 2. The standard InChI is InChI=1S/C22H23N5O4S/c1-13(28)27(15-6-4-5-14(23)9-15)19(30)10-24-18(29)11-26-12-25-21-20(22(26)31)16-7-2-3-8-17(16)32-21/h4-6,9,12H,2-3,7-8,10-11,23H2,1H3,(H,24,29). The average molecular weight is 454 g/mol. The third-order valence-corrected chi connectivity index (χ3v) is 6.59. The first kappa shape index (κ1) is 21.7. The molecule has 0 spiro atoms. The molecule has 0 unspecified atom stereocenters. The van der Waals surface area contributed by atoms with Crippen molar-refractivity contribution in [2.75, 3.05) is 17.2 Å². The van der Waals surface area contributed by atoms with Gasteiger partial charge < -0.3 is 11.1 Å². The number of hydrogen-bond acceptors (Lipinski definition) is 7. The molecule has 1 aliphatic carbocycles. The lowest BCUT2D eigenvalue weighted by Crippen LogP contribution is -2.44. The molecule has 1 aromatic carbocycles. The molecule has 2 aromatic heterocycles. The minimum Gasteiger partial charge on any atom is -0.399 e. The van der Waals surface area contributed by atoms with Gasteiger partial charge in [0.05, 0.1) is 23.9 Å². The predicted molar refractivity (Wildman–Crippen MR) is 123 cm³/mol. The Kier molecular flexibility index (Phi) is 6.04. The molecular formula is C22H23N5O4S. The van der Waals surface area contributed by atoms with Gasteiger partial charge in [0.25, 0.3) is 11.5 Å². The molecule has 2 heterocycles. The summed E-state index contributed by atoms with van der Waals surface area (Å²) in [6.07, 6.45) is 5.31. The predicted octanol–water partition coefficient (Wildman–Crippen LogP) is 1.61. The molecule has 3 aromatic rings. The first-order valence-corrected chi connectivity index (χ1v) is 11.1. The molecule has 166 valence electrons. The van der Waals surface area contributed by atoms with Gasteiger partial charge in [0.1, 0.15) is 11.4 Å². The Morgan fingerprint density at radius 2 is 2.03 bits per heavy atom. The highest BCUT2D eigenvalue weighted by atomic mass is 32.1. The molecule has 0 saturated carbocycles. The van der Waals surface area contributed by atoms with Crippen molar-refractivity contribution in [1.29, 1.82) is 0 Å². The van der Waals surface area contributed by atoms with Gasteiger partial charge in [0.2, 0.25) is 11.8 Å². The van der Waals surface area contributed by atoms with Crippen LogP contribution in [0.4, 0.5) is 11.4 Å². The summed E-state index contributed by atoms with van der Waals surface area (Å²) in [6.45, 7) is 0.592. The van der Waals surface area contributed by atoms with E-state index in [0.717, 1.165) is 36.1 Å². The number of hydrogen-bond donors (Lipinski definition) is 2. The van der Waals surface area contributed by atoms with Crippen LogP contribution < -0.4 is 21.5 Å². The lowest BCUT2D eigenvalue weighted by molar-refractivity contribution is -0.128. The van der Waals surface area contributed by atoms with Crippen molar-refractivity contribution in [3.05, 3.63) is 51.4 Å². The number of nitrogens with two attached hydrogens (primary N) is 1. The highest BCUT2D eigenvalue weighted by Gasteiger charge is 2.22. The molecule has 1 aliphatic rings. The van der Waals surface area contributed by atoms with Gasteiger partial charge in [-0.15, -0.1) is 11.3 Å². The number of anilines is 2. The number of aromatic nitrogens is 2. The van der Waals surface area contributed by atoms with Gasteiger partial charge in [-0.2, -0.15) is 0 Å². The first-order chi connectivity index (χ1) is 15.3. The zero-order valence-electron chi connectivity index (χ0n) is 17.6. The van der Waals surface area contributed by atoms with Crippen LogP contribution in [0.1, 0.15) is 30.2 Å². The molecule has 32 heavy (non-hydrogen) atoms. The Labute approximate surface area is 187 Å². The summed E-state index contributed by atoms with van der Waals surface area (Å²) in [6, 6.07) is 6.36. The molecule has 4 rings (SSSR count). The van der Waals surface area contributed by atoms with Crippen LogP contribution in [0.3, 0.4) is 0 Å². The average Bonchev–Trinajstić information content (AvgIpc) is 3.13. The SMILES string of the molecule is CC(=O)N(C(=O)CNC(=O)Cn1cnc2sc3c(c2c1=O)CCCC3)c1cccc(N)c1. The Balaban J connectivity index is 1.46. The third-order valence-electron chi connectivity index (χ3n) is 5.39. The smallest absolute Gasteiger partial charge is 0.262 e. The van der Waals surface area contributed by atoms with E-state index in [1.807, 2.05) is 0 Å². The second kappa shape index (κ2) is 8.91. The van der Waals surface area contributed by atoms with Gasteiger partial charge in [0, 0.05) is 17.5 Å². The van der Waals surface area contributed by atoms with E-state index in [0.29, 0.717) is 21.6 Å². The number of carbonyl (C=O) groups is 3. The molecule has 0 fully saturated rings. The topological polar surface area (TPSA) is 127 Å². The fourth-order valence-electron chi connectivity index (χ4n) is 3.92. The highest BCUT2D eigenvalue weighted by molar-refractivity contribution is 7.18. The summed E-state index contributed by atoms with van der Waals surface area (Å²) < 4.78 is 1.25. The summed E-state index contributed by atoms with van der Waals surface area (Å²) in [7, 11) is 0. The quantitative estimate of drug-likeness (QED) is 0.565. The second-order valence-electron chi connectivity index (χ2n) is 7.69. The summed E-state index contributed by atoms with van der Waals surface area (Å²) in [5.74, 6) is -1.63. The lowest BCUT2D eigenvalue weighted by atomic mass is 9.97. The Hall–Kier alpha value is -3.53. The van der Waals surface area contributed by atoms with Crippen LogP contribution in [0.15, 0.2) is 35.4 Å². The number of nitrogen functional groups attached to an aromatic ring is 1. The Morgan fingerprint density at radius 1 is 1.25 bits per heavy atom. The number of nitrogens with one attached hydrogen (secondary N) is 1. The maximum Gasteiger partial charge on any atom is 0.262 e. The summed E-state index contributed by atoms with van der Waals surface area (Å²) >= 11 is 1.54. The van der Waals surface area contributed by atoms with Gasteiger partial charge >= 0.3 is 0 Å². The van der Waals surface area contributed by atoms with E-state index in [-0.39, 0.29) is 12.1 Å². The fraction of sp³-hybridized carbons (Fsp3) is 0.318. The second-order valence-corrected chi connectivity index (χ2v) is 8.77. The van der Waals surface area contributed by atoms with Gasteiger partial charge in [-0.25, -0.2) is 9.88 Å². The number of amides is 3. The molecule has 0 bridgehead atoms. The summed E-state index contributed by atoms with van der Waals surface area (Å²) in [5.41, 5.74) is 7.27. The maximum absolute atomic E-state index is 13.0. The van der Waals surface area contributed by atoms with Crippen LogP contribution in [0.5, 0.6) is 0 Å². The van der Waals surface area contributed by atoms with Crippen molar-refractivity contribution < 1.29 is 14.4 Å². The minimum atomic E-state index is -0.607. The van der Waals surface area contributed by atoms with Gasteiger partial charge in [-0.05, 0) is 49.4 Å². The molecule has 3 N–H and O–H groups in total. The molecule has 9 nitrogen and oxygen atoms in total. The van der Waals surface area contributed by atoms with E-state index >= 15 is 0 Å². The van der Waals surface area contributed by atoms with Crippen molar-refractivity contribution in [3.63, 3.8) is 0 Å². The first-order valence-electron chi connectivity index (χ1n) is 10.3. The van der Waals surface area contributed by atoms with Gasteiger partial charge in [-0.1, -0.05) is 6.07 Å². The van der Waals surface area contributed by atoms with Crippen molar-refractivity contribution in [2.45, 2.75) is 39.2 Å². The Morgan fingerprint density at radius 3 is 2.78 bits per heavy atom. The van der Waals surface area contributed by atoms with Crippen LogP contribution in [0.2, 0.25) is 0 Å². The lowest BCUT2D eigenvalue weighted by Gasteiger charge is -2.20. The summed E-state index contributed by atoms with van der Waals surface area (Å²) in [4.78, 5) is 57.2. The number of benzene rings is 1. The van der Waals surface area contributed by atoms with Crippen molar-refractivity contribution in [2.24, 2.45) is 0 Å². The molecule has 0 radical (unpaired) electrons. The van der Waals surface area contributed by atoms with Crippen LogP contribution in [0.25, 0.3) is 10.2 Å². The zero-order chi connectivity index (χ0) is 22.8. The summed E-state index contributed by atoms with van der Waals surface area (Å²) in [5, 5.41) is 3.08. The molecule has 0 atom stereocenters. The van der Waals surface area contributed by atoms with E-state index in [9.17, 15) is 19.2 Å². The van der Waals surface area contributed by atoms with Crippen LogP contribution in [0, 0.1) is 0 Å². The zero-order valence-corrected chi connectivity index (χ0v) is 18.4. The third kappa shape index (κ3) is 4.26. The van der Waals surface area contributed by atoms with Gasteiger partial charge in [0.15, 0.2) is 0 Å². The van der Waals surface area contributed by atoms with E-state index in [4.69, 9.17) is 5.73 Å². The number of rotatable bonds is 5. The largest absolute Gasteiger partial charge is 0.399 e. The minimum absolute atomic E-state index is 0.249. The van der Waals surface area contributed by atoms with E-state index in [1.54, 1.807) is 29.5 Å². The number of nitrogens with zero attached hydrogens (tertiary/aromatic N) is 3. The highest BCUT2D eigenvalue weighted by Crippen LogP contribution is 2.33. The number of fused-ring (bicyclic) bond motifs is 3. The normalized spacial score (nSPS) is 12.9. The van der Waals surface area contributed by atoms with Crippen molar-refractivity contribution in [1.82, 2.24) is 14.9 Å². The van der Waals surface area contributed by atoms with Gasteiger partial charge in [-0.3, -0.25) is 23.7 Å². The van der Waals surface area contributed by atoms with Crippen LogP contribution in [-0.2, 0) is 33.8 Å². The fourth-order valence-corrected chi connectivity index (χ4v) is 5.14. The number of thiophene rings is 1. The van der Waals surface area contributed by atoms with E-state index in [1.165, 1.54) is 28.8 Å². The van der Waals surface area contributed by atoms with Crippen LogP contribution in [-0.4, -0.2) is 33.8 Å². The molecular weight excluding hydrogens is 430 g/mol. The monoisotopic (exact) mass is 453 g/mol. The van der Waals surface area contributed by atoms with Crippen molar-refractivity contribution >= 4 is 50.6 Å². The number of carbonyl (C=O) groups excluding carboxylic acids is 3. The van der Waals surface area contributed by atoms with Crippen molar-refractivity contribution in [3.8, 4) is 0 Å². The number of imide groups is 1. The Bertz CT molecular complexity index is 1280. The molecule has 0 aliphatic heterocycles. The molecule has 3 amide bonds. The molecule has 0 saturated heterocycles. The molecule has 10 heteroatoms. The van der Waals surface area contributed by atoms with Crippen LogP contribution >= 0.6 is 11.3 Å². The maximum atomic E-state index is 13.0. The van der Waals surface area contributed by atoms with E-state index < -0.39 is 24.3 Å².